The summed E-state index contributed by atoms with van der Waals surface area (Å²) in [5.41, 5.74) is 1.06. The SMILES string of the molecule is CN(C#CC#[C][Sn]([c]1ccccc1)([c]1ccccc1)[c]1ccccc1)c1ccccc1. The number of para-hydroxylation sites is 1. The van der Waals surface area contributed by atoms with E-state index in [0.29, 0.717) is 0 Å². The summed E-state index contributed by atoms with van der Waals surface area (Å²) < 4.78 is 7.75. The van der Waals surface area contributed by atoms with Crippen LogP contribution in [0.2, 0.25) is 0 Å². The van der Waals surface area contributed by atoms with Crippen LogP contribution in [0.1, 0.15) is 0 Å². The van der Waals surface area contributed by atoms with Gasteiger partial charge in [0.1, 0.15) is 0 Å². The Labute approximate surface area is 189 Å². The summed E-state index contributed by atoms with van der Waals surface area (Å²) in [6, 6.07) is 45.6. The van der Waals surface area contributed by atoms with Crippen LogP contribution >= 0.6 is 0 Å². The van der Waals surface area contributed by atoms with Gasteiger partial charge in [-0.25, -0.2) is 0 Å². The molecule has 1 nitrogen and oxygen atoms in total. The summed E-state index contributed by atoms with van der Waals surface area (Å²) >= 11 is -3.56. The Bertz CT molecular complexity index is 1130. The molecule has 0 heterocycles. The van der Waals surface area contributed by atoms with E-state index >= 15 is 0 Å². The Kier molecular flexibility index (Phi) is 6.78. The second-order valence-corrected chi connectivity index (χ2v) is 17.2. The van der Waals surface area contributed by atoms with Gasteiger partial charge in [0.15, 0.2) is 0 Å². The van der Waals surface area contributed by atoms with Crippen LogP contribution in [0.4, 0.5) is 5.69 Å². The number of anilines is 1. The van der Waals surface area contributed by atoms with E-state index < -0.39 is 18.4 Å². The van der Waals surface area contributed by atoms with Crippen molar-refractivity contribution in [2.75, 3.05) is 11.9 Å². The molecule has 0 amide bonds. The van der Waals surface area contributed by atoms with E-state index in [0.717, 1.165) is 5.69 Å². The first-order valence-electron chi connectivity index (χ1n) is 10.3. The van der Waals surface area contributed by atoms with Crippen molar-refractivity contribution in [3.8, 4) is 21.8 Å². The molecule has 0 bridgehead atoms. The average Bonchev–Trinajstić information content (AvgIpc) is 2.86. The van der Waals surface area contributed by atoms with Gasteiger partial charge >= 0.3 is 190 Å². The van der Waals surface area contributed by atoms with Gasteiger partial charge in [0.25, 0.3) is 0 Å². The minimum atomic E-state index is -3.56. The summed E-state index contributed by atoms with van der Waals surface area (Å²) in [6.45, 7) is 0. The number of benzene rings is 4. The normalized spacial score (nSPS) is 10.2. The molecule has 31 heavy (non-hydrogen) atoms. The molecule has 4 aromatic carbocycles. The van der Waals surface area contributed by atoms with Gasteiger partial charge < -0.3 is 0 Å². The fraction of sp³-hybridized carbons (Fsp3) is 0.0345. The molecule has 0 aliphatic heterocycles. The maximum absolute atomic E-state index is 3.75. The van der Waals surface area contributed by atoms with Gasteiger partial charge in [-0.15, -0.1) is 0 Å². The van der Waals surface area contributed by atoms with Crippen LogP contribution < -0.4 is 15.6 Å². The summed E-state index contributed by atoms with van der Waals surface area (Å²) in [5.74, 6) is 6.38. The van der Waals surface area contributed by atoms with Crippen molar-refractivity contribution >= 4 is 34.8 Å². The molecular formula is C29H23NSn. The van der Waals surface area contributed by atoms with Crippen LogP contribution in [0, 0.1) is 21.8 Å². The zero-order valence-corrected chi connectivity index (χ0v) is 20.3. The first kappa shape index (κ1) is 20.9. The van der Waals surface area contributed by atoms with Gasteiger partial charge in [-0.05, 0) is 0 Å². The molecule has 0 unspecified atom stereocenters. The van der Waals surface area contributed by atoms with Crippen molar-refractivity contribution in [3.05, 3.63) is 121 Å². The predicted octanol–water partition coefficient (Wildman–Crippen LogP) is 3.80. The van der Waals surface area contributed by atoms with Crippen molar-refractivity contribution in [1.82, 2.24) is 0 Å². The van der Waals surface area contributed by atoms with Crippen LogP contribution in [0.5, 0.6) is 0 Å². The Morgan fingerprint density at radius 3 is 1.32 bits per heavy atom. The van der Waals surface area contributed by atoms with Crippen LogP contribution in [0.25, 0.3) is 0 Å². The zero-order valence-electron chi connectivity index (χ0n) is 17.5. The van der Waals surface area contributed by atoms with E-state index in [9.17, 15) is 0 Å². The summed E-state index contributed by atoms with van der Waals surface area (Å²) in [4.78, 5) is 1.92. The van der Waals surface area contributed by atoms with Crippen molar-refractivity contribution in [2.45, 2.75) is 0 Å². The number of hydrogen-bond donors (Lipinski definition) is 0. The summed E-state index contributed by atoms with van der Waals surface area (Å²) in [5, 5.41) is 0. The van der Waals surface area contributed by atoms with Crippen LogP contribution in [-0.2, 0) is 0 Å². The maximum atomic E-state index is 3.75. The van der Waals surface area contributed by atoms with Crippen LogP contribution in [-0.4, -0.2) is 25.4 Å². The Hall–Kier alpha value is -3.40. The number of nitrogens with zero attached hydrogens (tertiary/aromatic N) is 1. The fourth-order valence-electron chi connectivity index (χ4n) is 3.73. The molecule has 0 saturated carbocycles. The molecular weight excluding hydrogens is 481 g/mol. The van der Waals surface area contributed by atoms with Gasteiger partial charge in [0, 0.05) is 0 Å². The van der Waals surface area contributed by atoms with Crippen molar-refractivity contribution in [3.63, 3.8) is 0 Å². The van der Waals surface area contributed by atoms with Crippen LogP contribution in [0.15, 0.2) is 121 Å². The van der Waals surface area contributed by atoms with Crippen molar-refractivity contribution in [1.29, 1.82) is 0 Å². The molecule has 0 aliphatic carbocycles. The minimum absolute atomic E-state index is 1.06. The fourth-order valence-corrected chi connectivity index (χ4v) is 14.5. The molecule has 0 saturated heterocycles. The quantitative estimate of drug-likeness (QED) is 0.232. The molecule has 0 N–H and O–H groups in total. The Balaban J connectivity index is 1.85. The third-order valence-electron chi connectivity index (χ3n) is 5.30. The second kappa shape index (κ2) is 10.1. The van der Waals surface area contributed by atoms with E-state index in [4.69, 9.17) is 0 Å². The van der Waals surface area contributed by atoms with E-state index in [-0.39, 0.29) is 0 Å². The number of rotatable bonds is 4. The average molecular weight is 504 g/mol. The van der Waals surface area contributed by atoms with E-state index in [1.165, 1.54) is 10.7 Å². The summed E-state index contributed by atoms with van der Waals surface area (Å²) in [6.07, 6.45) is 0. The molecule has 0 atom stereocenters. The van der Waals surface area contributed by atoms with E-state index in [1.54, 1.807) is 0 Å². The molecule has 0 aromatic heterocycles. The third kappa shape index (κ3) is 4.69. The van der Waals surface area contributed by atoms with Crippen molar-refractivity contribution < 1.29 is 0 Å². The third-order valence-corrected chi connectivity index (χ3v) is 17.0. The van der Waals surface area contributed by atoms with Gasteiger partial charge in [-0.3, -0.25) is 0 Å². The van der Waals surface area contributed by atoms with Gasteiger partial charge in [-0.1, -0.05) is 0 Å². The van der Waals surface area contributed by atoms with Gasteiger partial charge in [-0.2, -0.15) is 0 Å². The molecule has 148 valence electrons. The molecule has 0 aliphatic rings. The number of hydrogen-bond acceptors (Lipinski definition) is 1. The molecule has 4 aromatic rings. The second-order valence-electron chi connectivity index (χ2n) is 7.23. The standard InChI is InChI=1S/C11H8N.3C6H5.Sn/c1-3-4-10-12(2)11-8-6-5-7-9-11;3*1-2-4-6-5-3-1;/h5-9H,2H3;3*1-5H;. The van der Waals surface area contributed by atoms with Gasteiger partial charge in [0.2, 0.25) is 0 Å². The molecule has 0 fully saturated rings. The first-order chi connectivity index (χ1) is 15.3. The van der Waals surface area contributed by atoms with E-state index in [1.807, 2.05) is 42.3 Å². The molecule has 0 radical (unpaired) electrons. The summed E-state index contributed by atoms with van der Waals surface area (Å²) in [7, 11) is 1.96. The Morgan fingerprint density at radius 2 is 0.903 bits per heavy atom. The topological polar surface area (TPSA) is 3.24 Å². The van der Waals surface area contributed by atoms with Crippen molar-refractivity contribution in [2.24, 2.45) is 0 Å². The van der Waals surface area contributed by atoms with Gasteiger partial charge in [0.05, 0.1) is 0 Å². The van der Waals surface area contributed by atoms with E-state index in [2.05, 4.69) is 113 Å². The molecule has 4 rings (SSSR count). The van der Waals surface area contributed by atoms with Crippen LogP contribution in [0.3, 0.4) is 0 Å². The molecule has 2 heteroatoms. The monoisotopic (exact) mass is 505 g/mol. The first-order valence-corrected chi connectivity index (χ1v) is 16.0. The Morgan fingerprint density at radius 1 is 0.516 bits per heavy atom. The predicted molar refractivity (Wildman–Crippen MR) is 134 cm³/mol. The molecule has 0 spiro atoms. The zero-order chi connectivity index (χ0) is 21.4.